The molecule has 0 rings (SSSR count). The molecule has 0 bridgehead atoms. The third-order valence-corrected chi connectivity index (χ3v) is 10.4. The van der Waals surface area contributed by atoms with Crippen LogP contribution in [0.15, 0.2) is 72.9 Å². The summed E-state index contributed by atoms with van der Waals surface area (Å²) in [6.45, 7) is 4.49. The van der Waals surface area contributed by atoms with E-state index in [9.17, 15) is 19.4 Å². The highest BCUT2D eigenvalue weighted by Gasteiger charge is 2.23. The molecule has 0 aliphatic heterocycles. The average molecular weight is 805 g/mol. The van der Waals surface area contributed by atoms with Crippen molar-refractivity contribution in [3.05, 3.63) is 72.9 Å². The van der Waals surface area contributed by atoms with Crippen molar-refractivity contribution in [3.63, 3.8) is 0 Å². The number of quaternary nitrogens is 1. The highest BCUT2D eigenvalue weighted by atomic mass is 31.2. The van der Waals surface area contributed by atoms with Crippen molar-refractivity contribution in [2.75, 3.05) is 40.9 Å². The molecule has 0 aromatic heterocycles. The monoisotopic (exact) mass is 805 g/mol. The molecule has 9 heteroatoms. The molecule has 56 heavy (non-hydrogen) atoms. The van der Waals surface area contributed by atoms with E-state index in [1.807, 2.05) is 27.2 Å². The zero-order valence-corrected chi connectivity index (χ0v) is 37.5. The maximum atomic E-state index is 12.8. The Hall–Kier alpha value is -2.06. The van der Waals surface area contributed by atoms with Gasteiger partial charge in [-0.2, -0.15) is 0 Å². The molecule has 3 unspecified atom stereocenters. The number of allylic oxidation sites excluding steroid dienone is 11. The largest absolute Gasteiger partial charge is 0.756 e. The number of aliphatic hydroxyl groups is 1. The van der Waals surface area contributed by atoms with Crippen molar-refractivity contribution in [3.8, 4) is 0 Å². The summed E-state index contributed by atoms with van der Waals surface area (Å²) < 4.78 is 23.2. The predicted octanol–water partition coefficient (Wildman–Crippen LogP) is 11.8. The second kappa shape index (κ2) is 38.5. The lowest BCUT2D eigenvalue weighted by atomic mass is 10.0. The fraction of sp³-hybridized carbons (Fsp3) is 0.723. The second-order valence-corrected chi connectivity index (χ2v) is 17.4. The minimum absolute atomic E-state index is 0.00889. The number of phosphoric acid groups is 1. The Bertz CT molecular complexity index is 1140. The number of carbonyl (C=O) groups excluding carboxylic acids is 1. The van der Waals surface area contributed by atoms with Gasteiger partial charge in [0.15, 0.2) is 0 Å². The molecule has 0 saturated heterocycles. The number of hydrogen-bond acceptors (Lipinski definition) is 6. The van der Waals surface area contributed by atoms with Crippen molar-refractivity contribution in [1.82, 2.24) is 5.32 Å². The van der Waals surface area contributed by atoms with Gasteiger partial charge in [0, 0.05) is 6.42 Å². The first-order valence-electron chi connectivity index (χ1n) is 22.3. The molecule has 0 aromatic carbocycles. The number of rotatable bonds is 39. The third kappa shape index (κ3) is 40.1. The molecule has 324 valence electrons. The van der Waals surface area contributed by atoms with E-state index in [1.54, 1.807) is 6.08 Å². The van der Waals surface area contributed by atoms with Gasteiger partial charge in [-0.1, -0.05) is 170 Å². The molecule has 1 amide bonds. The lowest BCUT2D eigenvalue weighted by Gasteiger charge is -2.29. The van der Waals surface area contributed by atoms with Gasteiger partial charge in [0.1, 0.15) is 13.2 Å². The Labute approximate surface area is 344 Å². The number of nitrogens with zero attached hydrogens (tertiary/aromatic N) is 1. The summed E-state index contributed by atoms with van der Waals surface area (Å²) in [4.78, 5) is 25.3. The Morgan fingerprint density at radius 1 is 0.643 bits per heavy atom. The summed E-state index contributed by atoms with van der Waals surface area (Å²) in [7, 11) is 1.23. The first-order chi connectivity index (χ1) is 27.0. The molecule has 0 spiro atoms. The van der Waals surface area contributed by atoms with E-state index in [0.29, 0.717) is 17.4 Å². The molecule has 0 radical (unpaired) electrons. The number of likely N-dealkylation sites (N-methyl/N-ethyl adjacent to an activating group) is 1. The van der Waals surface area contributed by atoms with Gasteiger partial charge >= 0.3 is 0 Å². The van der Waals surface area contributed by atoms with E-state index < -0.39 is 26.6 Å². The summed E-state index contributed by atoms with van der Waals surface area (Å²) in [6.07, 6.45) is 50.8. The Kier molecular flexibility index (Phi) is 37.0. The van der Waals surface area contributed by atoms with Gasteiger partial charge in [0.25, 0.3) is 7.82 Å². The molecule has 2 N–H and O–H groups in total. The van der Waals surface area contributed by atoms with E-state index in [-0.39, 0.29) is 12.5 Å². The minimum Gasteiger partial charge on any atom is -0.756 e. The number of carbonyl (C=O) groups is 1. The molecular weight excluding hydrogens is 719 g/mol. The predicted molar refractivity (Wildman–Crippen MR) is 237 cm³/mol. The lowest BCUT2D eigenvalue weighted by molar-refractivity contribution is -0.870. The summed E-state index contributed by atoms with van der Waals surface area (Å²) in [5.41, 5.74) is 0. The zero-order valence-electron chi connectivity index (χ0n) is 36.6. The highest BCUT2D eigenvalue weighted by Crippen LogP contribution is 2.38. The summed E-state index contributed by atoms with van der Waals surface area (Å²) in [6, 6.07) is -0.899. The third-order valence-electron chi connectivity index (χ3n) is 9.42. The van der Waals surface area contributed by atoms with Crippen molar-refractivity contribution in [1.29, 1.82) is 0 Å². The molecule has 0 saturated carbocycles. The number of unbranched alkanes of at least 4 members (excludes halogenated alkanes) is 16. The van der Waals surface area contributed by atoms with Crippen LogP contribution in [-0.4, -0.2) is 68.5 Å². The molecular formula is C47H85N2O6P. The number of phosphoric ester groups is 1. The van der Waals surface area contributed by atoms with E-state index in [2.05, 4.69) is 79.9 Å². The molecule has 0 aromatic rings. The fourth-order valence-electron chi connectivity index (χ4n) is 5.88. The van der Waals surface area contributed by atoms with Crippen LogP contribution in [0.25, 0.3) is 0 Å². The maximum Gasteiger partial charge on any atom is 0.268 e. The second-order valence-electron chi connectivity index (χ2n) is 16.0. The Morgan fingerprint density at radius 3 is 1.59 bits per heavy atom. The standard InChI is InChI=1S/C47H85N2O6P/c1-6-8-10-12-14-16-18-20-21-22-23-24-25-26-27-29-31-33-35-37-39-41-47(51)48-45(44-55-56(52,53)54-43-42-49(3,4)5)46(50)40-38-36-34-32-30-28-19-17-15-13-11-9-7-2/h8,10,14,16,20-21,23-24,26-27,38,40,45-46,50H,6-7,9,11-13,15,17-19,22,25,28-37,39,41-44H2,1-5H3,(H-,48,51,52,53)/b10-8-,16-14-,21-20-,24-23-,27-26-,40-38+. The van der Waals surface area contributed by atoms with Crippen molar-refractivity contribution in [2.45, 2.75) is 180 Å². The topological polar surface area (TPSA) is 108 Å². The number of hydrogen-bond donors (Lipinski definition) is 2. The van der Waals surface area contributed by atoms with Crippen LogP contribution in [0.4, 0.5) is 0 Å². The molecule has 0 aliphatic rings. The van der Waals surface area contributed by atoms with Gasteiger partial charge in [0.05, 0.1) is 39.9 Å². The first kappa shape index (κ1) is 53.9. The van der Waals surface area contributed by atoms with Crippen molar-refractivity contribution < 1.29 is 32.9 Å². The van der Waals surface area contributed by atoms with Crippen molar-refractivity contribution >= 4 is 13.7 Å². The number of aliphatic hydroxyl groups excluding tert-OH is 1. The van der Waals surface area contributed by atoms with Gasteiger partial charge < -0.3 is 28.8 Å². The van der Waals surface area contributed by atoms with Gasteiger partial charge in [-0.05, 0) is 64.2 Å². The molecule has 0 heterocycles. The van der Waals surface area contributed by atoms with Crippen LogP contribution < -0.4 is 10.2 Å². The average Bonchev–Trinajstić information content (AvgIpc) is 3.15. The molecule has 3 atom stereocenters. The van der Waals surface area contributed by atoms with Crippen molar-refractivity contribution in [2.24, 2.45) is 0 Å². The SMILES string of the molecule is CC/C=C\C/C=C\C/C=C\C/C=C\C/C=C\CCCCCCCC(=O)NC(COP(=O)([O-])OCC[N+](C)(C)C)C(O)/C=C/CCCCCCCCCCCCC. The first-order valence-corrected chi connectivity index (χ1v) is 23.8. The van der Waals surface area contributed by atoms with Crippen LogP contribution in [0.1, 0.15) is 168 Å². The molecule has 0 aliphatic carbocycles. The van der Waals surface area contributed by atoms with E-state index >= 15 is 0 Å². The maximum absolute atomic E-state index is 12.8. The molecule has 8 nitrogen and oxygen atoms in total. The van der Waals surface area contributed by atoms with Gasteiger partial charge in [-0.3, -0.25) is 9.36 Å². The van der Waals surface area contributed by atoms with Gasteiger partial charge in [-0.25, -0.2) is 0 Å². The lowest BCUT2D eigenvalue weighted by Crippen LogP contribution is -2.45. The van der Waals surface area contributed by atoms with E-state index in [4.69, 9.17) is 9.05 Å². The van der Waals surface area contributed by atoms with Crippen LogP contribution in [-0.2, 0) is 18.4 Å². The van der Waals surface area contributed by atoms with Crippen LogP contribution in [0, 0.1) is 0 Å². The Morgan fingerprint density at radius 2 is 1.09 bits per heavy atom. The smallest absolute Gasteiger partial charge is 0.268 e. The number of amides is 1. The van der Waals surface area contributed by atoms with Crippen LogP contribution in [0.5, 0.6) is 0 Å². The zero-order chi connectivity index (χ0) is 41.4. The molecule has 0 fully saturated rings. The van der Waals surface area contributed by atoms with E-state index in [1.165, 1.54) is 57.8 Å². The fourth-order valence-corrected chi connectivity index (χ4v) is 6.61. The highest BCUT2D eigenvalue weighted by molar-refractivity contribution is 7.45. The summed E-state index contributed by atoms with van der Waals surface area (Å²) >= 11 is 0. The number of nitrogens with one attached hydrogen (secondary N) is 1. The quantitative estimate of drug-likeness (QED) is 0.0277. The van der Waals surface area contributed by atoms with Crippen LogP contribution in [0.3, 0.4) is 0 Å². The van der Waals surface area contributed by atoms with E-state index in [0.717, 1.165) is 89.9 Å². The summed E-state index contributed by atoms with van der Waals surface area (Å²) in [5, 5.41) is 13.8. The van der Waals surface area contributed by atoms with Gasteiger partial charge in [-0.15, -0.1) is 0 Å². The van der Waals surface area contributed by atoms with Gasteiger partial charge in [0.2, 0.25) is 5.91 Å². The Balaban J connectivity index is 4.45. The van der Waals surface area contributed by atoms with Crippen LogP contribution in [0.2, 0.25) is 0 Å². The van der Waals surface area contributed by atoms with Crippen LogP contribution >= 0.6 is 7.82 Å². The summed E-state index contributed by atoms with van der Waals surface area (Å²) in [5.74, 6) is -0.220. The minimum atomic E-state index is -4.60. The normalized spacial score (nSPS) is 15.1.